The normalized spacial score (nSPS) is 11.9. The maximum absolute atomic E-state index is 12.5. The van der Waals surface area contributed by atoms with Gasteiger partial charge in [-0.25, -0.2) is 9.78 Å². The van der Waals surface area contributed by atoms with Gasteiger partial charge in [0.2, 0.25) is 0 Å². The lowest BCUT2D eigenvalue weighted by Gasteiger charge is -2.20. The number of carbonyl (C=O) groups is 2. The minimum Gasteiger partial charge on any atom is -0.460 e. The highest BCUT2D eigenvalue weighted by molar-refractivity contribution is 6.12. The number of hydrogen-bond acceptors (Lipinski definition) is 5. The van der Waals surface area contributed by atoms with Crippen LogP contribution in [0, 0.1) is 0 Å². The molecule has 0 spiro atoms. The monoisotopic (exact) mass is 484 g/mol. The Hall–Kier alpha value is -3.93. The van der Waals surface area contributed by atoms with Gasteiger partial charge in [0.05, 0.1) is 17.6 Å². The molecular weight excluding hydrogens is 452 g/mol. The van der Waals surface area contributed by atoms with Crippen LogP contribution in [-0.2, 0) is 20.7 Å². The number of benzene rings is 3. The molecule has 186 valence electrons. The Morgan fingerprint density at radius 3 is 2.11 bits per heavy atom. The summed E-state index contributed by atoms with van der Waals surface area (Å²) < 4.78 is 10.9. The van der Waals surface area contributed by atoms with Crippen LogP contribution < -0.4 is 5.32 Å². The molecule has 0 bridgehead atoms. The number of anilines is 1. The zero-order valence-electron chi connectivity index (χ0n) is 21.6. The number of pyridine rings is 1. The number of nitrogens with one attached hydrogen (secondary N) is 1. The van der Waals surface area contributed by atoms with Gasteiger partial charge in [-0.3, -0.25) is 10.1 Å². The first-order valence-corrected chi connectivity index (χ1v) is 12.0. The summed E-state index contributed by atoms with van der Waals surface area (Å²) in [6.45, 7) is 11.1. The molecule has 1 N–H and O–H groups in total. The largest absolute Gasteiger partial charge is 0.460 e. The number of amides is 1. The second kappa shape index (κ2) is 9.61. The molecule has 4 aromatic rings. The van der Waals surface area contributed by atoms with E-state index >= 15 is 0 Å². The summed E-state index contributed by atoms with van der Waals surface area (Å²) in [5.41, 5.74) is 2.85. The summed E-state index contributed by atoms with van der Waals surface area (Å²) in [4.78, 5) is 29.7. The lowest BCUT2D eigenvalue weighted by molar-refractivity contribution is -0.153. The summed E-state index contributed by atoms with van der Waals surface area (Å²) in [5.74, 6) is -0.269. The van der Waals surface area contributed by atoms with Crippen LogP contribution in [0.4, 0.5) is 10.5 Å². The van der Waals surface area contributed by atoms with E-state index in [4.69, 9.17) is 14.5 Å². The third-order valence-corrected chi connectivity index (χ3v) is 5.32. The van der Waals surface area contributed by atoms with Gasteiger partial charge in [0.15, 0.2) is 0 Å². The lowest BCUT2D eigenvalue weighted by Crippen LogP contribution is -2.27. The average molecular weight is 485 g/mol. The number of ether oxygens (including phenoxy) is 2. The van der Waals surface area contributed by atoms with Gasteiger partial charge in [0.25, 0.3) is 0 Å². The van der Waals surface area contributed by atoms with E-state index in [-0.39, 0.29) is 12.4 Å². The number of fused-ring (bicyclic) bond motifs is 3. The van der Waals surface area contributed by atoms with Crippen LogP contribution in [0.15, 0.2) is 66.7 Å². The van der Waals surface area contributed by atoms with Crippen molar-refractivity contribution in [1.82, 2.24) is 4.98 Å². The fourth-order valence-corrected chi connectivity index (χ4v) is 4.02. The van der Waals surface area contributed by atoms with Gasteiger partial charge in [0, 0.05) is 22.0 Å². The number of nitrogens with zero attached hydrogens (tertiary/aromatic N) is 1. The van der Waals surface area contributed by atoms with Crippen LogP contribution in [0.25, 0.3) is 32.9 Å². The Morgan fingerprint density at radius 2 is 1.44 bits per heavy atom. The van der Waals surface area contributed by atoms with Crippen molar-refractivity contribution in [1.29, 1.82) is 0 Å². The molecule has 6 heteroatoms. The number of hydrogen-bond donors (Lipinski definition) is 1. The van der Waals surface area contributed by atoms with Gasteiger partial charge in [-0.15, -0.1) is 0 Å². The fraction of sp³-hybridized carbons (Fsp3) is 0.300. The van der Waals surface area contributed by atoms with Gasteiger partial charge in [-0.2, -0.15) is 0 Å². The van der Waals surface area contributed by atoms with Gasteiger partial charge in [0.1, 0.15) is 11.2 Å². The van der Waals surface area contributed by atoms with E-state index in [9.17, 15) is 9.59 Å². The zero-order chi connectivity index (χ0) is 26.1. The third-order valence-electron chi connectivity index (χ3n) is 5.32. The smallest absolute Gasteiger partial charge is 0.412 e. The highest BCUT2D eigenvalue weighted by atomic mass is 16.6. The van der Waals surface area contributed by atoms with E-state index < -0.39 is 17.3 Å². The molecule has 0 fully saturated rings. The molecular formula is C30H32N2O4. The Balaban J connectivity index is 1.79. The first-order chi connectivity index (χ1) is 16.9. The van der Waals surface area contributed by atoms with Gasteiger partial charge < -0.3 is 9.47 Å². The predicted octanol–water partition coefficient (Wildman–Crippen LogP) is 7.29. The standard InChI is InChI=1S/C30H32N2O4/c1-29(2,3)35-26(33)17-19-12-14-22-23-15-13-21(31-28(34)36-30(4,5)6)18-25(23)32-27(24(22)16-19)20-10-8-7-9-11-20/h7-16,18H,17H2,1-6H3,(H,31,34). The van der Waals surface area contributed by atoms with E-state index in [0.29, 0.717) is 5.69 Å². The molecule has 1 amide bonds. The van der Waals surface area contributed by atoms with E-state index in [2.05, 4.69) is 5.32 Å². The maximum Gasteiger partial charge on any atom is 0.412 e. The molecule has 0 aliphatic heterocycles. The molecule has 6 nitrogen and oxygen atoms in total. The summed E-state index contributed by atoms with van der Waals surface area (Å²) in [5, 5.41) is 5.70. The zero-order valence-corrected chi connectivity index (χ0v) is 21.6. The average Bonchev–Trinajstić information content (AvgIpc) is 2.76. The molecule has 3 aromatic carbocycles. The molecule has 0 atom stereocenters. The van der Waals surface area contributed by atoms with E-state index in [0.717, 1.165) is 38.5 Å². The minimum atomic E-state index is -0.590. The second-order valence-corrected chi connectivity index (χ2v) is 10.8. The molecule has 1 heterocycles. The minimum absolute atomic E-state index is 0.179. The van der Waals surface area contributed by atoms with Crippen molar-refractivity contribution < 1.29 is 19.1 Å². The third kappa shape index (κ3) is 6.19. The van der Waals surface area contributed by atoms with Gasteiger partial charge in [-0.1, -0.05) is 48.5 Å². The maximum atomic E-state index is 12.5. The van der Waals surface area contributed by atoms with Crippen molar-refractivity contribution in [3.63, 3.8) is 0 Å². The van der Waals surface area contributed by atoms with Crippen LogP contribution in [0.5, 0.6) is 0 Å². The highest BCUT2D eigenvalue weighted by Crippen LogP contribution is 2.34. The van der Waals surface area contributed by atoms with Crippen LogP contribution in [-0.4, -0.2) is 28.2 Å². The van der Waals surface area contributed by atoms with Crippen molar-refractivity contribution in [2.24, 2.45) is 0 Å². The molecule has 0 unspecified atom stereocenters. The van der Waals surface area contributed by atoms with Crippen LogP contribution in [0.3, 0.4) is 0 Å². The number of carbonyl (C=O) groups excluding carboxylic acids is 2. The number of aromatic nitrogens is 1. The fourth-order valence-electron chi connectivity index (χ4n) is 4.02. The molecule has 0 radical (unpaired) electrons. The Bertz CT molecular complexity index is 1430. The van der Waals surface area contributed by atoms with Crippen molar-refractivity contribution in [3.8, 4) is 11.3 Å². The van der Waals surface area contributed by atoms with Crippen LogP contribution in [0.2, 0.25) is 0 Å². The SMILES string of the molecule is CC(C)(C)OC(=O)Cc1ccc2c(c1)c(-c1ccccc1)nc1cc(NC(=O)OC(C)(C)C)ccc12. The van der Waals surface area contributed by atoms with Crippen molar-refractivity contribution >= 4 is 39.4 Å². The summed E-state index contributed by atoms with van der Waals surface area (Å²) in [6, 6.07) is 21.5. The Labute approximate surface area is 211 Å². The molecule has 0 aliphatic rings. The first-order valence-electron chi connectivity index (χ1n) is 12.0. The number of rotatable bonds is 4. The lowest BCUT2D eigenvalue weighted by atomic mass is 9.97. The predicted molar refractivity (Wildman–Crippen MR) is 144 cm³/mol. The summed E-state index contributed by atoms with van der Waals surface area (Å²) >= 11 is 0. The Morgan fingerprint density at radius 1 is 0.778 bits per heavy atom. The quantitative estimate of drug-likeness (QED) is 0.243. The van der Waals surface area contributed by atoms with Crippen molar-refractivity contribution in [3.05, 3.63) is 72.3 Å². The van der Waals surface area contributed by atoms with E-state index in [1.54, 1.807) is 0 Å². The van der Waals surface area contributed by atoms with Crippen molar-refractivity contribution in [2.45, 2.75) is 59.2 Å². The molecule has 0 aliphatic carbocycles. The number of esters is 1. The molecule has 0 saturated heterocycles. The molecule has 36 heavy (non-hydrogen) atoms. The first kappa shape index (κ1) is 25.2. The second-order valence-electron chi connectivity index (χ2n) is 10.8. The summed E-state index contributed by atoms with van der Waals surface area (Å²) in [6.07, 6.45) is -0.337. The van der Waals surface area contributed by atoms with Crippen LogP contribution >= 0.6 is 0 Å². The molecule has 0 saturated carbocycles. The van der Waals surface area contributed by atoms with Gasteiger partial charge in [-0.05, 0) is 70.7 Å². The van der Waals surface area contributed by atoms with E-state index in [1.165, 1.54) is 0 Å². The molecule has 1 aromatic heterocycles. The highest BCUT2D eigenvalue weighted by Gasteiger charge is 2.19. The van der Waals surface area contributed by atoms with E-state index in [1.807, 2.05) is 108 Å². The summed E-state index contributed by atoms with van der Waals surface area (Å²) in [7, 11) is 0. The topological polar surface area (TPSA) is 77.5 Å². The van der Waals surface area contributed by atoms with Crippen molar-refractivity contribution in [2.75, 3.05) is 5.32 Å². The molecule has 4 rings (SSSR count). The Kier molecular flexibility index (Phi) is 6.72. The van der Waals surface area contributed by atoms with Gasteiger partial charge >= 0.3 is 12.1 Å². The van der Waals surface area contributed by atoms with Crippen LogP contribution in [0.1, 0.15) is 47.1 Å².